The van der Waals surface area contributed by atoms with Crippen LogP contribution in [0.4, 0.5) is 0 Å². The molecule has 4 aromatic rings. The van der Waals surface area contributed by atoms with E-state index in [0.717, 1.165) is 22.3 Å². The monoisotopic (exact) mass is 944 g/mol. The first-order chi connectivity index (χ1) is 33.1. The van der Waals surface area contributed by atoms with E-state index in [1.54, 1.807) is 0 Å². The number of fused-ring (bicyclic) bond motifs is 2. The summed E-state index contributed by atoms with van der Waals surface area (Å²) in [6.07, 6.45) is -6.98. The number of hydrogen-bond donors (Lipinski definition) is 4. The molecular weight excluding hydrogens is 889 g/mol. The number of aliphatic hydroxyl groups is 4. The molecule has 18 heteroatoms. The smallest absolute Gasteiger partial charge is 0.256 e. The summed E-state index contributed by atoms with van der Waals surface area (Å²) in [7, 11) is 0. The lowest BCUT2D eigenvalue weighted by molar-refractivity contribution is -0.370. The molecule has 18 nitrogen and oxygen atoms in total. The second-order valence-corrected chi connectivity index (χ2v) is 17.5. The van der Waals surface area contributed by atoms with Gasteiger partial charge in [0.05, 0.1) is 59.5 Å². The van der Waals surface area contributed by atoms with Crippen LogP contribution >= 0.6 is 0 Å². The van der Waals surface area contributed by atoms with Gasteiger partial charge >= 0.3 is 0 Å². The normalized spacial score (nSPS) is 37.0. The lowest BCUT2D eigenvalue weighted by atomic mass is 9.96. The molecule has 8 fully saturated rings. The molecule has 364 valence electrons. The van der Waals surface area contributed by atoms with Crippen molar-refractivity contribution in [3.8, 4) is 0 Å². The van der Waals surface area contributed by atoms with Gasteiger partial charge in [-0.05, 0) is 0 Å². The third kappa shape index (κ3) is 8.75. The first kappa shape index (κ1) is 47.5. The Morgan fingerprint density at radius 2 is 0.868 bits per heavy atom. The van der Waals surface area contributed by atoms with Crippen molar-refractivity contribution < 1.29 is 86.8 Å². The Morgan fingerprint density at radius 3 is 1.35 bits per heavy atom. The van der Waals surface area contributed by atoms with Crippen LogP contribution in [0.2, 0.25) is 0 Å². The predicted molar refractivity (Wildman–Crippen MR) is 232 cm³/mol. The van der Waals surface area contributed by atoms with Crippen molar-refractivity contribution in [3.63, 3.8) is 0 Å². The Balaban J connectivity index is 0.000000125. The minimum Gasteiger partial charge on any atom is -0.388 e. The average Bonchev–Trinajstić information content (AvgIpc) is 4.02. The maximum atomic E-state index is 13.2. The van der Waals surface area contributed by atoms with E-state index in [0.29, 0.717) is 39.6 Å². The maximum absolute atomic E-state index is 13.2. The molecule has 68 heavy (non-hydrogen) atoms. The molecule has 0 amide bonds. The van der Waals surface area contributed by atoms with Gasteiger partial charge in [-0.15, -0.1) is 0 Å². The van der Waals surface area contributed by atoms with Gasteiger partial charge in [0.25, 0.3) is 5.79 Å². The van der Waals surface area contributed by atoms with E-state index in [1.807, 2.05) is 121 Å². The molecule has 0 radical (unpaired) electrons. The summed E-state index contributed by atoms with van der Waals surface area (Å²) in [5.74, 6) is -6.47. The summed E-state index contributed by atoms with van der Waals surface area (Å²) in [6, 6.07) is 38.8. The number of carbonyl (C=O) groups excluding carboxylic acids is 1. The molecule has 5 unspecified atom stereocenters. The molecule has 11 atom stereocenters. The van der Waals surface area contributed by atoms with Gasteiger partial charge < -0.3 is 82.0 Å². The summed E-state index contributed by atoms with van der Waals surface area (Å²) in [5.41, 5.74) is 3.39. The standard InChI is InChI=1S/C21H22O6.C21H20O6.C8H14O6/c2*22-19-18-17(13-25-20(19)14-23-11-12-24-20)26-21(27-18,15-7-3-1-4-8-15)16-9-5-2-6-10-16;9-5-3-14-8(7(11)6(5)10)4-12-1-2-13-8/h1-10,17-19,22H,11-14H2;1-10,17-18H,11-14H2;5-7,9-11H,1-4H2/t17?,18?,19?,20-;17?,18?,20-;5-,6-,7+,8-/m111/s1. The fourth-order valence-electron chi connectivity index (χ4n) is 9.63. The van der Waals surface area contributed by atoms with Crippen LogP contribution in [0, 0.1) is 0 Å². The lowest BCUT2D eigenvalue weighted by Gasteiger charge is -2.46. The number of rotatable bonds is 4. The molecule has 0 aliphatic carbocycles. The Bertz CT molecular complexity index is 2170. The van der Waals surface area contributed by atoms with Gasteiger partial charge in [0.2, 0.25) is 28.9 Å². The van der Waals surface area contributed by atoms with Crippen molar-refractivity contribution in [2.45, 2.75) is 77.8 Å². The Morgan fingerprint density at radius 1 is 0.426 bits per heavy atom. The van der Waals surface area contributed by atoms with Crippen LogP contribution in [0.15, 0.2) is 121 Å². The zero-order chi connectivity index (χ0) is 46.8. The van der Waals surface area contributed by atoms with Crippen molar-refractivity contribution in [1.29, 1.82) is 0 Å². The number of Topliss-reactive ketones (excluding diaryl/α,β-unsaturated/α-hetero) is 1. The summed E-state index contributed by atoms with van der Waals surface area (Å²) >= 11 is 0. The molecule has 0 bridgehead atoms. The van der Waals surface area contributed by atoms with Crippen molar-refractivity contribution in [1.82, 2.24) is 0 Å². The van der Waals surface area contributed by atoms with E-state index < -0.39 is 77.8 Å². The number of ether oxygens (including phenoxy) is 13. The summed E-state index contributed by atoms with van der Waals surface area (Å²) in [6.45, 7) is 3.06. The van der Waals surface area contributed by atoms with Gasteiger partial charge in [-0.1, -0.05) is 121 Å². The highest BCUT2D eigenvalue weighted by molar-refractivity contribution is 5.92. The first-order valence-electron chi connectivity index (χ1n) is 22.9. The maximum Gasteiger partial charge on any atom is 0.256 e. The zero-order valence-electron chi connectivity index (χ0n) is 37.2. The van der Waals surface area contributed by atoms with Gasteiger partial charge in [-0.25, -0.2) is 0 Å². The molecule has 4 aromatic carbocycles. The molecule has 12 rings (SSSR count). The fourth-order valence-corrected chi connectivity index (χ4v) is 9.63. The van der Waals surface area contributed by atoms with Gasteiger partial charge in [-0.2, -0.15) is 0 Å². The number of carbonyl (C=O) groups is 1. The van der Waals surface area contributed by atoms with Crippen LogP contribution < -0.4 is 0 Å². The van der Waals surface area contributed by atoms with Crippen molar-refractivity contribution in [2.75, 3.05) is 79.3 Å². The predicted octanol–water partition coefficient (Wildman–Crippen LogP) is 1.66. The average molecular weight is 945 g/mol. The molecule has 3 spiro atoms. The quantitative estimate of drug-likeness (QED) is 0.229. The van der Waals surface area contributed by atoms with Crippen LogP contribution in [0.25, 0.3) is 0 Å². The van der Waals surface area contributed by atoms with Crippen molar-refractivity contribution in [3.05, 3.63) is 144 Å². The third-order valence-corrected chi connectivity index (χ3v) is 13.2. The Kier molecular flexibility index (Phi) is 13.9. The highest BCUT2D eigenvalue weighted by Gasteiger charge is 2.63. The largest absolute Gasteiger partial charge is 0.388 e. The summed E-state index contributed by atoms with van der Waals surface area (Å²) in [5, 5.41) is 39.4. The minimum atomic E-state index is -1.40. The second kappa shape index (κ2) is 19.9. The highest BCUT2D eigenvalue weighted by Crippen LogP contribution is 2.49. The molecule has 0 saturated carbocycles. The fraction of sp³-hybridized carbons (Fsp3) is 0.500. The molecule has 8 aliphatic heterocycles. The van der Waals surface area contributed by atoms with Crippen molar-refractivity contribution in [2.24, 2.45) is 0 Å². The van der Waals surface area contributed by atoms with E-state index in [2.05, 4.69) is 0 Å². The molecule has 0 aromatic heterocycles. The molecular formula is C50H56O18. The van der Waals surface area contributed by atoms with Gasteiger partial charge in [0, 0.05) is 22.3 Å². The molecule has 8 saturated heterocycles. The highest BCUT2D eigenvalue weighted by atomic mass is 16.8. The number of aliphatic hydroxyl groups excluding tert-OH is 4. The molecule has 4 N–H and O–H groups in total. The number of ketones is 1. The minimum absolute atomic E-state index is 0.0674. The molecule has 8 heterocycles. The lowest BCUT2D eigenvalue weighted by Crippen LogP contribution is -2.65. The summed E-state index contributed by atoms with van der Waals surface area (Å²) < 4.78 is 75.3. The van der Waals surface area contributed by atoms with E-state index in [-0.39, 0.29) is 45.4 Å². The SMILES string of the molecule is O=C1C2OC(c3ccccc3)(c3ccccc3)OC2CO[C@]12COCCO2.OC1C2OC(c3ccccc3)(c3ccccc3)OC2CO[C@]12COCCO2.O[C@@H]1[C@H](O)CO[C@]2(COCCO2)[C@H]1O. The van der Waals surface area contributed by atoms with Gasteiger partial charge in [0.1, 0.15) is 62.5 Å². The van der Waals surface area contributed by atoms with E-state index in [9.17, 15) is 25.2 Å². The number of hydrogen-bond acceptors (Lipinski definition) is 18. The van der Waals surface area contributed by atoms with Crippen LogP contribution in [0.3, 0.4) is 0 Å². The summed E-state index contributed by atoms with van der Waals surface area (Å²) in [4.78, 5) is 13.2. The van der Waals surface area contributed by atoms with Crippen LogP contribution in [-0.4, -0.2) is 172 Å². The van der Waals surface area contributed by atoms with E-state index in [4.69, 9.17) is 61.6 Å². The van der Waals surface area contributed by atoms with Crippen molar-refractivity contribution >= 4 is 5.78 Å². The van der Waals surface area contributed by atoms with E-state index >= 15 is 0 Å². The van der Waals surface area contributed by atoms with Crippen LogP contribution in [-0.2, 0) is 77.9 Å². The first-order valence-corrected chi connectivity index (χ1v) is 22.9. The topological polar surface area (TPSA) is 218 Å². The zero-order valence-corrected chi connectivity index (χ0v) is 37.2. The van der Waals surface area contributed by atoms with Crippen LogP contribution in [0.1, 0.15) is 22.3 Å². The van der Waals surface area contributed by atoms with Gasteiger partial charge in [0.15, 0.2) is 6.10 Å². The second-order valence-electron chi connectivity index (χ2n) is 17.5. The Labute approximate surface area is 392 Å². The van der Waals surface area contributed by atoms with E-state index in [1.165, 1.54) is 0 Å². The third-order valence-electron chi connectivity index (χ3n) is 13.2. The molecule has 8 aliphatic rings. The Hall–Kier alpha value is -4.13. The van der Waals surface area contributed by atoms with Crippen LogP contribution in [0.5, 0.6) is 0 Å². The number of benzene rings is 4. The van der Waals surface area contributed by atoms with Gasteiger partial charge in [-0.3, -0.25) is 4.79 Å².